The number of aryl methyl sites for hydroxylation is 1. The van der Waals surface area contributed by atoms with Gasteiger partial charge in [-0.25, -0.2) is 9.07 Å². The number of nitrogen functional groups attached to an aromatic ring is 1. The molecular formula is C13H13F4N5OS. The summed E-state index contributed by atoms with van der Waals surface area (Å²) in [5.41, 5.74) is 0.659. The number of amides is 1. The van der Waals surface area contributed by atoms with Crippen LogP contribution in [0.25, 0.3) is 0 Å². The smallest absolute Gasteiger partial charge is 0.335 e. The number of carbonyl (C=O) groups excluding carboxylic acids is 1. The van der Waals surface area contributed by atoms with Crippen molar-refractivity contribution in [3.63, 3.8) is 0 Å². The molecule has 11 heteroatoms. The van der Waals surface area contributed by atoms with Crippen molar-refractivity contribution in [3.05, 3.63) is 35.4 Å². The summed E-state index contributed by atoms with van der Waals surface area (Å²) >= 11 is 0.700. The molecule has 2 rings (SSSR count). The fourth-order valence-corrected chi connectivity index (χ4v) is 2.45. The lowest BCUT2D eigenvalue weighted by Gasteiger charge is -2.12. The number of carbonyl (C=O) groups is 1. The molecule has 1 aromatic heterocycles. The van der Waals surface area contributed by atoms with Gasteiger partial charge in [0.2, 0.25) is 11.1 Å². The Morgan fingerprint density at radius 2 is 2.04 bits per heavy atom. The molecule has 0 spiro atoms. The molecule has 0 aliphatic carbocycles. The molecule has 1 atom stereocenters. The van der Waals surface area contributed by atoms with Crippen molar-refractivity contribution in [2.75, 3.05) is 11.2 Å². The van der Waals surface area contributed by atoms with E-state index < -0.39 is 29.0 Å². The minimum atomic E-state index is -4.74. The van der Waals surface area contributed by atoms with Gasteiger partial charge in [0.1, 0.15) is 5.82 Å². The quantitative estimate of drug-likeness (QED) is 0.495. The summed E-state index contributed by atoms with van der Waals surface area (Å²) in [7, 11) is 0. The molecule has 24 heavy (non-hydrogen) atoms. The highest BCUT2D eigenvalue weighted by molar-refractivity contribution is 8.00. The van der Waals surface area contributed by atoms with Crippen LogP contribution in [0, 0.1) is 12.7 Å². The molecule has 130 valence electrons. The number of halogens is 4. The Labute approximate surface area is 138 Å². The Balaban J connectivity index is 2.06. The Morgan fingerprint density at radius 3 is 2.58 bits per heavy atom. The fraction of sp³-hybridized carbons (Fsp3) is 0.308. The number of hydrogen-bond donors (Lipinski definition) is 2. The van der Waals surface area contributed by atoms with Crippen LogP contribution in [0.2, 0.25) is 0 Å². The average molecular weight is 363 g/mol. The highest BCUT2D eigenvalue weighted by atomic mass is 32.2. The van der Waals surface area contributed by atoms with E-state index in [1.54, 1.807) is 6.92 Å². The van der Waals surface area contributed by atoms with Crippen LogP contribution in [0.3, 0.4) is 0 Å². The predicted molar refractivity (Wildman–Crippen MR) is 80.3 cm³/mol. The van der Waals surface area contributed by atoms with Gasteiger partial charge in [-0.2, -0.15) is 13.2 Å². The topological polar surface area (TPSA) is 85.8 Å². The maximum Gasteiger partial charge on any atom is 0.453 e. The van der Waals surface area contributed by atoms with Gasteiger partial charge in [0.15, 0.2) is 0 Å². The number of thioether (sulfide) groups is 1. The van der Waals surface area contributed by atoms with Gasteiger partial charge in [0.05, 0.1) is 5.25 Å². The summed E-state index contributed by atoms with van der Waals surface area (Å²) in [4.78, 5) is 12.1. The molecule has 0 saturated carbocycles. The van der Waals surface area contributed by atoms with Crippen molar-refractivity contribution in [3.8, 4) is 0 Å². The zero-order valence-corrected chi connectivity index (χ0v) is 13.4. The van der Waals surface area contributed by atoms with Crippen LogP contribution in [0.15, 0.2) is 23.4 Å². The molecule has 1 aromatic carbocycles. The van der Waals surface area contributed by atoms with E-state index in [-0.39, 0.29) is 15.5 Å². The number of alkyl halides is 3. The van der Waals surface area contributed by atoms with Crippen molar-refractivity contribution in [2.45, 2.75) is 30.4 Å². The fourth-order valence-electron chi connectivity index (χ4n) is 1.68. The predicted octanol–water partition coefficient (Wildman–Crippen LogP) is 2.58. The molecule has 1 unspecified atom stereocenters. The van der Waals surface area contributed by atoms with Gasteiger partial charge >= 0.3 is 6.18 Å². The van der Waals surface area contributed by atoms with Crippen molar-refractivity contribution in [1.82, 2.24) is 14.9 Å². The summed E-state index contributed by atoms with van der Waals surface area (Å²) in [6, 6.07) is 4.16. The van der Waals surface area contributed by atoms with Crippen LogP contribution in [0.4, 0.5) is 23.2 Å². The molecule has 0 bridgehead atoms. The first kappa shape index (κ1) is 18.0. The van der Waals surface area contributed by atoms with Gasteiger partial charge < -0.3 is 11.2 Å². The van der Waals surface area contributed by atoms with Gasteiger partial charge in [0, 0.05) is 5.69 Å². The Hall–Kier alpha value is -2.30. The summed E-state index contributed by atoms with van der Waals surface area (Å²) < 4.78 is 51.5. The largest absolute Gasteiger partial charge is 0.453 e. The molecule has 0 fully saturated rings. The van der Waals surface area contributed by atoms with Crippen LogP contribution in [-0.2, 0) is 11.0 Å². The number of anilines is 1. The molecule has 3 N–H and O–H groups in total. The van der Waals surface area contributed by atoms with Crippen molar-refractivity contribution in [1.29, 1.82) is 0 Å². The highest BCUT2D eigenvalue weighted by Gasteiger charge is 2.38. The van der Waals surface area contributed by atoms with Crippen molar-refractivity contribution in [2.24, 2.45) is 0 Å². The molecular weight excluding hydrogens is 350 g/mol. The summed E-state index contributed by atoms with van der Waals surface area (Å²) in [5.74, 6) is 2.91. The lowest BCUT2D eigenvalue weighted by molar-refractivity contribution is -0.146. The van der Waals surface area contributed by atoms with E-state index in [1.807, 2.05) is 0 Å². The Bertz CT molecular complexity index is 761. The monoisotopic (exact) mass is 363 g/mol. The van der Waals surface area contributed by atoms with E-state index in [0.29, 0.717) is 17.3 Å². The molecule has 6 nitrogen and oxygen atoms in total. The first-order chi connectivity index (χ1) is 11.1. The normalized spacial score (nSPS) is 12.9. The van der Waals surface area contributed by atoms with E-state index in [1.165, 1.54) is 19.1 Å². The summed E-state index contributed by atoms with van der Waals surface area (Å²) in [6.45, 7) is 3.03. The van der Waals surface area contributed by atoms with Gasteiger partial charge in [-0.05, 0) is 31.5 Å². The number of aromatic nitrogens is 3. The second kappa shape index (κ2) is 6.67. The minimum absolute atomic E-state index is 0.237. The molecule has 0 saturated heterocycles. The van der Waals surface area contributed by atoms with Crippen LogP contribution in [0.5, 0.6) is 0 Å². The zero-order chi connectivity index (χ0) is 18.1. The van der Waals surface area contributed by atoms with Crippen molar-refractivity contribution >= 4 is 23.4 Å². The molecule has 1 amide bonds. The van der Waals surface area contributed by atoms with E-state index in [2.05, 4.69) is 15.5 Å². The maximum absolute atomic E-state index is 13.4. The molecule has 1 heterocycles. The number of rotatable bonds is 4. The van der Waals surface area contributed by atoms with Crippen LogP contribution in [-0.4, -0.2) is 26.0 Å². The van der Waals surface area contributed by atoms with E-state index in [9.17, 15) is 22.4 Å². The van der Waals surface area contributed by atoms with Crippen LogP contribution in [0.1, 0.15) is 18.3 Å². The summed E-state index contributed by atoms with van der Waals surface area (Å²) in [6.07, 6.45) is -4.74. The third-order valence-electron chi connectivity index (χ3n) is 3.01. The second-order valence-electron chi connectivity index (χ2n) is 4.89. The lowest BCUT2D eigenvalue weighted by Crippen LogP contribution is -2.25. The number of nitrogens with two attached hydrogens (primary N) is 1. The minimum Gasteiger partial charge on any atom is -0.335 e. The molecule has 0 radical (unpaired) electrons. The third kappa shape index (κ3) is 3.96. The van der Waals surface area contributed by atoms with Gasteiger partial charge in [-0.3, -0.25) is 4.79 Å². The van der Waals surface area contributed by atoms with Crippen LogP contribution < -0.4 is 11.2 Å². The van der Waals surface area contributed by atoms with Gasteiger partial charge in [-0.1, -0.05) is 17.8 Å². The van der Waals surface area contributed by atoms with Gasteiger partial charge in [-0.15, -0.1) is 10.2 Å². The van der Waals surface area contributed by atoms with E-state index in [4.69, 9.17) is 5.84 Å². The maximum atomic E-state index is 13.4. The number of nitrogens with zero attached hydrogens (tertiary/aromatic N) is 3. The standard InChI is InChI=1S/C13H13F4N5OS/c1-6-3-4-8(5-9(6)14)19-10(23)7(2)24-12-21-20-11(22(12)18)13(15,16)17/h3-5,7H,18H2,1-2H3,(H,19,23). The first-order valence-electron chi connectivity index (χ1n) is 6.61. The second-order valence-corrected chi connectivity index (χ2v) is 6.20. The third-order valence-corrected chi connectivity index (χ3v) is 4.07. The Kier molecular flexibility index (Phi) is 5.02. The number of benzene rings is 1. The van der Waals surface area contributed by atoms with E-state index in [0.717, 1.165) is 6.07 Å². The highest BCUT2D eigenvalue weighted by Crippen LogP contribution is 2.30. The lowest BCUT2D eigenvalue weighted by atomic mass is 10.2. The van der Waals surface area contributed by atoms with Crippen LogP contribution >= 0.6 is 11.8 Å². The van der Waals surface area contributed by atoms with E-state index >= 15 is 0 Å². The molecule has 0 aliphatic heterocycles. The average Bonchev–Trinajstić information content (AvgIpc) is 2.84. The van der Waals surface area contributed by atoms with Crippen molar-refractivity contribution < 1.29 is 22.4 Å². The number of nitrogens with one attached hydrogen (secondary N) is 1. The van der Waals surface area contributed by atoms with Gasteiger partial charge in [0.25, 0.3) is 5.82 Å². The summed E-state index contributed by atoms with van der Waals surface area (Å²) in [5, 5.41) is 7.66. The Morgan fingerprint density at radius 1 is 1.38 bits per heavy atom. The zero-order valence-electron chi connectivity index (χ0n) is 12.6. The SMILES string of the molecule is Cc1ccc(NC(=O)C(C)Sc2nnc(C(F)(F)F)n2N)cc1F. The number of hydrogen-bond acceptors (Lipinski definition) is 5. The molecule has 2 aromatic rings. The first-order valence-corrected chi connectivity index (χ1v) is 7.49. The molecule has 0 aliphatic rings.